The summed E-state index contributed by atoms with van der Waals surface area (Å²) < 4.78 is 10.5. The molecule has 1 aromatic carbocycles. The summed E-state index contributed by atoms with van der Waals surface area (Å²) in [5, 5.41) is 10.5. The van der Waals surface area contributed by atoms with Crippen molar-refractivity contribution in [3.63, 3.8) is 0 Å². The number of hydrogen-bond acceptors (Lipinski definition) is 6. The molecule has 0 saturated carbocycles. The van der Waals surface area contributed by atoms with Crippen LogP contribution in [0.4, 0.5) is 5.69 Å². The first-order chi connectivity index (χ1) is 11.5. The molecule has 6 nitrogen and oxygen atoms in total. The van der Waals surface area contributed by atoms with Crippen molar-refractivity contribution in [1.82, 2.24) is 5.06 Å². The topological polar surface area (TPSA) is 85.0 Å². The van der Waals surface area contributed by atoms with E-state index in [4.69, 9.17) is 32.0 Å². The molecule has 3 rings (SSSR count). The summed E-state index contributed by atoms with van der Waals surface area (Å²) in [5.41, 5.74) is 7.50. The number of esters is 1. The van der Waals surface area contributed by atoms with Crippen molar-refractivity contribution in [3.8, 4) is 5.75 Å². The molecule has 25 heavy (non-hydrogen) atoms. The maximum absolute atomic E-state index is 11.8. The summed E-state index contributed by atoms with van der Waals surface area (Å²) in [5.74, 6) is 0.111. The average molecular weight is 393 g/mol. The smallest absolute Gasteiger partial charge is 0.341 e. The molecule has 0 atom stereocenters. The fourth-order valence-corrected chi connectivity index (χ4v) is 2.89. The lowest BCUT2D eigenvalue weighted by atomic mass is 10.1. The summed E-state index contributed by atoms with van der Waals surface area (Å²) in [4.78, 5) is 11.8. The highest BCUT2D eigenvalue weighted by Gasteiger charge is 2.25. The van der Waals surface area contributed by atoms with Crippen LogP contribution in [0.2, 0.25) is 5.02 Å². The zero-order valence-electron chi connectivity index (χ0n) is 14.4. The van der Waals surface area contributed by atoms with Gasteiger partial charge in [-0.2, -0.15) is 5.06 Å². The van der Waals surface area contributed by atoms with Gasteiger partial charge in [-0.25, -0.2) is 4.79 Å². The molecule has 1 saturated heterocycles. The molecule has 0 radical (unpaired) electrons. The fourth-order valence-electron chi connectivity index (χ4n) is 2.67. The fraction of sp³-hybridized carbons (Fsp3) is 0.588. The molecular formula is C17H26Cl2N2O4. The molecule has 2 heterocycles. The van der Waals surface area contributed by atoms with Crippen LogP contribution < -0.4 is 10.5 Å². The van der Waals surface area contributed by atoms with Crippen LogP contribution in [0.15, 0.2) is 6.07 Å². The Bertz CT molecular complexity index is 578. The largest absolute Gasteiger partial charge is 0.492 e. The van der Waals surface area contributed by atoms with Gasteiger partial charge in [-0.05, 0) is 25.3 Å². The number of hydroxylamine groups is 2. The monoisotopic (exact) mass is 392 g/mol. The van der Waals surface area contributed by atoms with E-state index in [9.17, 15) is 4.79 Å². The lowest BCUT2D eigenvalue weighted by molar-refractivity contribution is -0.103. The first-order valence-corrected chi connectivity index (χ1v) is 8.77. The summed E-state index contributed by atoms with van der Waals surface area (Å²) in [6.45, 7) is 4.59. The van der Waals surface area contributed by atoms with Crippen LogP contribution in [0.5, 0.6) is 5.75 Å². The van der Waals surface area contributed by atoms with Gasteiger partial charge in [0.2, 0.25) is 0 Å². The standard InChI is InChI=1S/C12H14ClNO3.C5H11NO.ClH/c1-2-4-17-12(15)8-6-9(13)10(14)7-3-5-16-11(7)8;7-6-4-2-1-3-5-6;/h6H,2-5,14H2,1H3;7H,1-5H2;1H. The normalized spacial score (nSPS) is 16.0. The van der Waals surface area contributed by atoms with Crippen molar-refractivity contribution in [3.05, 3.63) is 22.2 Å². The Labute approximate surface area is 159 Å². The van der Waals surface area contributed by atoms with E-state index < -0.39 is 5.97 Å². The quantitative estimate of drug-likeness (QED) is 0.602. The SMILES string of the molecule is CCCOC(=O)c1cc(Cl)c(N)c2c1OCC2.Cl.ON1CCCCC1. The van der Waals surface area contributed by atoms with Crippen LogP contribution in [0.3, 0.4) is 0 Å². The molecule has 1 aromatic rings. The van der Waals surface area contributed by atoms with Crippen molar-refractivity contribution in [1.29, 1.82) is 0 Å². The maximum atomic E-state index is 11.8. The molecule has 8 heteroatoms. The van der Waals surface area contributed by atoms with Gasteiger partial charge < -0.3 is 20.4 Å². The highest BCUT2D eigenvalue weighted by molar-refractivity contribution is 6.33. The van der Waals surface area contributed by atoms with Crippen LogP contribution in [0.1, 0.15) is 48.5 Å². The van der Waals surface area contributed by atoms with Crippen molar-refractivity contribution in [2.24, 2.45) is 0 Å². The number of nitrogens with zero attached hydrogens (tertiary/aromatic N) is 1. The molecule has 0 bridgehead atoms. The first kappa shape index (κ1) is 21.8. The number of hydrogen-bond donors (Lipinski definition) is 2. The molecule has 142 valence electrons. The summed E-state index contributed by atoms with van der Waals surface area (Å²) in [7, 11) is 0. The molecule has 2 aliphatic heterocycles. The molecule has 1 fully saturated rings. The summed E-state index contributed by atoms with van der Waals surface area (Å²) in [6, 6.07) is 1.51. The third kappa shape index (κ3) is 5.92. The number of benzene rings is 1. The Kier molecular flexibility index (Phi) is 9.35. The third-order valence-corrected chi connectivity index (χ3v) is 4.27. The van der Waals surface area contributed by atoms with Gasteiger partial charge in [0.1, 0.15) is 11.3 Å². The second-order valence-corrected chi connectivity index (χ2v) is 6.28. The number of nitrogens with two attached hydrogens (primary N) is 1. The highest BCUT2D eigenvalue weighted by atomic mass is 35.5. The van der Waals surface area contributed by atoms with Crippen LogP contribution in [-0.2, 0) is 11.2 Å². The van der Waals surface area contributed by atoms with Gasteiger partial charge in [0, 0.05) is 25.1 Å². The van der Waals surface area contributed by atoms with Gasteiger partial charge >= 0.3 is 5.97 Å². The van der Waals surface area contributed by atoms with Crippen molar-refractivity contribution >= 4 is 35.7 Å². The average Bonchev–Trinajstić information content (AvgIpc) is 3.07. The Morgan fingerprint density at radius 2 is 2.08 bits per heavy atom. The van der Waals surface area contributed by atoms with E-state index in [1.807, 2.05) is 6.92 Å². The van der Waals surface area contributed by atoms with Crippen molar-refractivity contribution < 1.29 is 19.5 Å². The van der Waals surface area contributed by atoms with E-state index in [0.717, 1.165) is 37.9 Å². The first-order valence-electron chi connectivity index (χ1n) is 8.39. The van der Waals surface area contributed by atoms with E-state index in [0.29, 0.717) is 41.7 Å². The predicted molar refractivity (Wildman–Crippen MR) is 100 cm³/mol. The third-order valence-electron chi connectivity index (χ3n) is 3.96. The molecule has 0 spiro atoms. The minimum absolute atomic E-state index is 0. The Balaban J connectivity index is 0.000000330. The number of piperidine rings is 1. The number of nitrogen functional groups attached to an aromatic ring is 1. The number of ether oxygens (including phenoxy) is 2. The van der Waals surface area contributed by atoms with E-state index in [2.05, 4.69) is 0 Å². The number of rotatable bonds is 3. The number of anilines is 1. The molecule has 2 aliphatic rings. The second-order valence-electron chi connectivity index (χ2n) is 5.88. The summed E-state index contributed by atoms with van der Waals surface area (Å²) >= 11 is 5.99. The van der Waals surface area contributed by atoms with Gasteiger partial charge in [0.05, 0.1) is 23.9 Å². The van der Waals surface area contributed by atoms with E-state index in [1.165, 1.54) is 17.6 Å². The van der Waals surface area contributed by atoms with Crippen LogP contribution in [0.25, 0.3) is 0 Å². The second kappa shape index (κ2) is 10.7. The molecule has 3 N–H and O–H groups in total. The number of carbonyl (C=O) groups is 1. The van der Waals surface area contributed by atoms with Crippen molar-refractivity contribution in [2.45, 2.75) is 39.0 Å². The lowest BCUT2D eigenvalue weighted by Gasteiger charge is -2.18. The van der Waals surface area contributed by atoms with Crippen molar-refractivity contribution in [2.75, 3.05) is 32.0 Å². The number of halogens is 2. The van der Waals surface area contributed by atoms with Gasteiger partial charge in [-0.1, -0.05) is 24.9 Å². The molecule has 0 aliphatic carbocycles. The Hall–Kier alpha value is -1.21. The van der Waals surface area contributed by atoms with Crippen LogP contribution >= 0.6 is 24.0 Å². The van der Waals surface area contributed by atoms with Gasteiger partial charge in [0.25, 0.3) is 0 Å². The summed E-state index contributed by atoms with van der Waals surface area (Å²) in [6.07, 6.45) is 5.07. The minimum Gasteiger partial charge on any atom is -0.492 e. The highest BCUT2D eigenvalue weighted by Crippen LogP contribution is 2.38. The van der Waals surface area contributed by atoms with Gasteiger partial charge in [0.15, 0.2) is 0 Å². The minimum atomic E-state index is -0.410. The van der Waals surface area contributed by atoms with Crippen LogP contribution in [0, 0.1) is 0 Å². The maximum Gasteiger partial charge on any atom is 0.341 e. The molecule has 0 amide bonds. The predicted octanol–water partition coefficient (Wildman–Crippen LogP) is 3.71. The van der Waals surface area contributed by atoms with Gasteiger partial charge in [-0.3, -0.25) is 0 Å². The zero-order valence-corrected chi connectivity index (χ0v) is 16.0. The van der Waals surface area contributed by atoms with E-state index in [1.54, 1.807) is 0 Å². The zero-order chi connectivity index (χ0) is 17.5. The molecular weight excluding hydrogens is 367 g/mol. The Morgan fingerprint density at radius 3 is 2.64 bits per heavy atom. The Morgan fingerprint density at radius 1 is 1.40 bits per heavy atom. The lowest BCUT2D eigenvalue weighted by Crippen LogP contribution is -2.25. The van der Waals surface area contributed by atoms with Crippen LogP contribution in [-0.4, -0.2) is 42.5 Å². The van der Waals surface area contributed by atoms with E-state index in [-0.39, 0.29) is 12.4 Å². The molecule has 0 aromatic heterocycles. The molecule has 0 unspecified atom stereocenters. The van der Waals surface area contributed by atoms with E-state index >= 15 is 0 Å². The van der Waals surface area contributed by atoms with Gasteiger partial charge in [-0.15, -0.1) is 12.4 Å². The number of carbonyl (C=O) groups excluding carboxylic acids is 1. The number of fused-ring (bicyclic) bond motifs is 1.